The summed E-state index contributed by atoms with van der Waals surface area (Å²) in [6, 6.07) is 11.4. The summed E-state index contributed by atoms with van der Waals surface area (Å²) in [6.45, 7) is 0.463. The number of hydrogen-bond acceptors (Lipinski definition) is 6. The fourth-order valence-corrected chi connectivity index (χ4v) is 4.48. The zero-order valence-corrected chi connectivity index (χ0v) is 20.0. The Morgan fingerprint density at radius 3 is 2.67 bits per heavy atom. The maximum atomic E-state index is 13.2. The average Bonchev–Trinajstić information content (AvgIpc) is 3.50. The number of urea groups is 2. The molecule has 2 aliphatic rings. The first kappa shape index (κ1) is 23.2. The molecule has 11 nitrogen and oxygen atoms in total. The molecule has 5 rings (SSSR count). The van der Waals surface area contributed by atoms with Gasteiger partial charge in [-0.1, -0.05) is 12.1 Å². The smallest absolute Gasteiger partial charge is 0.322 e. The highest BCUT2D eigenvalue weighted by molar-refractivity contribution is 6.08. The molecule has 2 aromatic carbocycles. The van der Waals surface area contributed by atoms with Crippen LogP contribution in [0.25, 0.3) is 11.0 Å². The minimum absolute atomic E-state index is 0.119. The van der Waals surface area contributed by atoms with Crippen LogP contribution in [0.5, 0.6) is 5.75 Å². The lowest BCUT2D eigenvalue weighted by Gasteiger charge is -2.29. The van der Waals surface area contributed by atoms with E-state index in [4.69, 9.17) is 9.15 Å². The van der Waals surface area contributed by atoms with Gasteiger partial charge in [-0.2, -0.15) is 0 Å². The van der Waals surface area contributed by atoms with Gasteiger partial charge < -0.3 is 29.6 Å². The van der Waals surface area contributed by atoms with Gasteiger partial charge in [0.25, 0.3) is 11.8 Å². The van der Waals surface area contributed by atoms with Crippen LogP contribution >= 0.6 is 0 Å². The molecule has 3 aromatic rings. The number of nitrogens with one attached hydrogen (secondary N) is 3. The molecule has 11 heteroatoms. The van der Waals surface area contributed by atoms with Crippen molar-refractivity contribution >= 4 is 34.8 Å². The molecule has 1 aromatic heterocycles. The van der Waals surface area contributed by atoms with Crippen molar-refractivity contribution < 1.29 is 28.3 Å². The molecular formula is C25H25N5O6. The third-order valence-corrected chi connectivity index (χ3v) is 6.42. The lowest BCUT2D eigenvalue weighted by atomic mass is 9.95. The second kappa shape index (κ2) is 8.59. The van der Waals surface area contributed by atoms with Gasteiger partial charge in [0, 0.05) is 38.1 Å². The van der Waals surface area contributed by atoms with E-state index in [1.165, 1.54) is 16.9 Å². The van der Waals surface area contributed by atoms with Crippen molar-refractivity contribution in [3.63, 3.8) is 0 Å². The van der Waals surface area contributed by atoms with Crippen molar-refractivity contribution in [2.75, 3.05) is 27.7 Å². The normalized spacial score (nSPS) is 18.8. The molecule has 0 bridgehead atoms. The van der Waals surface area contributed by atoms with Crippen molar-refractivity contribution in [1.29, 1.82) is 0 Å². The Hall–Kier alpha value is -4.54. The average molecular weight is 492 g/mol. The van der Waals surface area contributed by atoms with Crippen LogP contribution in [0.2, 0.25) is 0 Å². The summed E-state index contributed by atoms with van der Waals surface area (Å²) in [5.41, 5.74) is 1.02. The molecule has 0 saturated carbocycles. The van der Waals surface area contributed by atoms with Crippen molar-refractivity contribution in [1.82, 2.24) is 25.8 Å². The summed E-state index contributed by atoms with van der Waals surface area (Å²) in [4.78, 5) is 53.3. The van der Waals surface area contributed by atoms with Gasteiger partial charge in [0.1, 0.15) is 17.1 Å². The number of nitrogens with zero attached hydrogens (tertiary/aromatic N) is 2. The standard InChI is InChI=1S/C25H25N5O6/c1-29(2)24(34)26-11-14-4-7-19-16(8-14)9-20(36-19)25(22(32)27-23(33)28-25)13-30-12-15-5-6-17(35-3)10-18(15)21(30)31/h4-10H,11-13H2,1-3H3,(H,26,34)(H2,27,28,32,33). The first-order valence-electron chi connectivity index (χ1n) is 11.3. The fraction of sp³-hybridized carbons (Fsp3) is 0.280. The van der Waals surface area contributed by atoms with Gasteiger partial charge in [0.05, 0.1) is 13.7 Å². The maximum absolute atomic E-state index is 13.2. The number of hydrogen-bond donors (Lipinski definition) is 3. The van der Waals surface area contributed by atoms with Crippen LogP contribution in [-0.4, -0.2) is 61.4 Å². The number of rotatable bonds is 6. The highest BCUT2D eigenvalue weighted by atomic mass is 16.5. The van der Waals surface area contributed by atoms with Crippen LogP contribution in [0.15, 0.2) is 46.9 Å². The van der Waals surface area contributed by atoms with E-state index in [1.807, 2.05) is 12.1 Å². The highest BCUT2D eigenvalue weighted by Crippen LogP contribution is 2.35. The number of imide groups is 1. The number of amides is 6. The van der Waals surface area contributed by atoms with E-state index in [1.54, 1.807) is 44.4 Å². The lowest BCUT2D eigenvalue weighted by Crippen LogP contribution is -2.52. The van der Waals surface area contributed by atoms with Crippen LogP contribution in [-0.2, 0) is 23.4 Å². The quantitative estimate of drug-likeness (QED) is 0.451. The van der Waals surface area contributed by atoms with E-state index in [0.29, 0.717) is 28.8 Å². The Labute approximate surface area is 206 Å². The van der Waals surface area contributed by atoms with Gasteiger partial charge >= 0.3 is 12.1 Å². The second-order valence-electron chi connectivity index (χ2n) is 9.03. The van der Waals surface area contributed by atoms with Crippen molar-refractivity contribution in [2.24, 2.45) is 0 Å². The summed E-state index contributed by atoms with van der Waals surface area (Å²) in [5, 5.41) is 8.45. The SMILES string of the molecule is COc1ccc2c(c1)C(=O)N(CC1(c3cc4cc(CNC(=O)N(C)C)ccc4o3)NC(=O)NC1=O)C2. The molecule has 186 valence electrons. The van der Waals surface area contributed by atoms with E-state index >= 15 is 0 Å². The van der Waals surface area contributed by atoms with E-state index < -0.39 is 17.5 Å². The third kappa shape index (κ3) is 3.88. The second-order valence-corrected chi connectivity index (χ2v) is 9.03. The third-order valence-electron chi connectivity index (χ3n) is 6.42. The molecule has 0 radical (unpaired) electrons. The van der Waals surface area contributed by atoms with Crippen molar-refractivity contribution in [3.05, 3.63) is 64.9 Å². The topological polar surface area (TPSA) is 133 Å². The van der Waals surface area contributed by atoms with E-state index in [9.17, 15) is 19.2 Å². The number of carbonyl (C=O) groups excluding carboxylic acids is 4. The zero-order chi connectivity index (χ0) is 25.6. The number of methoxy groups -OCH3 is 1. The monoisotopic (exact) mass is 491 g/mol. The molecule has 6 amide bonds. The van der Waals surface area contributed by atoms with Crippen molar-refractivity contribution in [2.45, 2.75) is 18.6 Å². The van der Waals surface area contributed by atoms with Crippen LogP contribution in [0.3, 0.4) is 0 Å². The molecule has 0 aliphatic carbocycles. The van der Waals surface area contributed by atoms with Gasteiger partial charge in [0.15, 0.2) is 5.54 Å². The summed E-state index contributed by atoms with van der Waals surface area (Å²) >= 11 is 0. The molecule has 1 fully saturated rings. The summed E-state index contributed by atoms with van der Waals surface area (Å²) in [5.74, 6) is -0.115. The lowest BCUT2D eigenvalue weighted by molar-refractivity contribution is -0.125. The number of fused-ring (bicyclic) bond motifs is 2. The molecule has 1 atom stereocenters. The van der Waals surface area contributed by atoms with E-state index in [0.717, 1.165) is 11.1 Å². The van der Waals surface area contributed by atoms with Crippen LogP contribution in [0, 0.1) is 0 Å². The van der Waals surface area contributed by atoms with Crippen LogP contribution in [0.1, 0.15) is 27.2 Å². The summed E-state index contributed by atoms with van der Waals surface area (Å²) in [6.07, 6.45) is 0. The van der Waals surface area contributed by atoms with Crippen LogP contribution < -0.4 is 20.7 Å². The van der Waals surface area contributed by atoms with Gasteiger partial charge in [-0.15, -0.1) is 0 Å². The molecule has 0 spiro atoms. The first-order valence-corrected chi connectivity index (χ1v) is 11.3. The van der Waals surface area contributed by atoms with Crippen LogP contribution in [0.4, 0.5) is 9.59 Å². The molecule has 3 heterocycles. The minimum Gasteiger partial charge on any atom is -0.497 e. The molecule has 1 unspecified atom stereocenters. The minimum atomic E-state index is -1.60. The first-order chi connectivity index (χ1) is 17.2. The number of ether oxygens (including phenoxy) is 1. The Morgan fingerprint density at radius 2 is 1.97 bits per heavy atom. The van der Waals surface area contributed by atoms with Gasteiger partial charge in [-0.05, 0) is 41.5 Å². The number of furan rings is 1. The number of benzene rings is 2. The van der Waals surface area contributed by atoms with E-state index in [-0.39, 0.29) is 30.8 Å². The molecule has 36 heavy (non-hydrogen) atoms. The summed E-state index contributed by atoms with van der Waals surface area (Å²) in [7, 11) is 4.83. The van der Waals surface area contributed by atoms with Gasteiger partial charge in [-0.25, -0.2) is 9.59 Å². The molecule has 1 saturated heterocycles. The number of carbonyl (C=O) groups is 4. The maximum Gasteiger partial charge on any atom is 0.322 e. The molecule has 2 aliphatic heterocycles. The molecule has 3 N–H and O–H groups in total. The molecular weight excluding hydrogens is 466 g/mol. The van der Waals surface area contributed by atoms with Gasteiger partial charge in [-0.3, -0.25) is 14.9 Å². The largest absolute Gasteiger partial charge is 0.497 e. The Morgan fingerprint density at radius 1 is 1.17 bits per heavy atom. The Kier molecular flexibility index (Phi) is 5.54. The fourth-order valence-electron chi connectivity index (χ4n) is 4.48. The van der Waals surface area contributed by atoms with E-state index in [2.05, 4.69) is 16.0 Å². The predicted molar refractivity (Wildman–Crippen MR) is 128 cm³/mol. The Bertz CT molecular complexity index is 1410. The summed E-state index contributed by atoms with van der Waals surface area (Å²) < 4.78 is 11.3. The highest BCUT2D eigenvalue weighted by Gasteiger charge is 2.53. The Balaban J connectivity index is 1.45. The van der Waals surface area contributed by atoms with Gasteiger partial charge in [0.2, 0.25) is 0 Å². The zero-order valence-electron chi connectivity index (χ0n) is 20.0. The predicted octanol–water partition coefficient (Wildman–Crippen LogP) is 1.90. The van der Waals surface area contributed by atoms with Crippen molar-refractivity contribution in [3.8, 4) is 5.75 Å².